The van der Waals surface area contributed by atoms with Crippen molar-refractivity contribution in [2.75, 3.05) is 17.7 Å². The van der Waals surface area contributed by atoms with Crippen molar-refractivity contribution in [3.63, 3.8) is 0 Å². The molecule has 5 heteroatoms. The molecule has 0 radical (unpaired) electrons. The van der Waals surface area contributed by atoms with Gasteiger partial charge in [0.25, 0.3) is 0 Å². The zero-order valence-electron chi connectivity index (χ0n) is 13.2. The SMILES string of the molecule is O=C1CCc2cc(C3CSC(COc4ccccc4)=N3)ccc2N1. The largest absolute Gasteiger partial charge is 0.487 e. The molecular formula is C19H18N2O2S. The number of nitrogens with one attached hydrogen (secondary N) is 1. The van der Waals surface area contributed by atoms with Crippen molar-refractivity contribution in [1.82, 2.24) is 0 Å². The fraction of sp³-hybridized carbons (Fsp3) is 0.263. The summed E-state index contributed by atoms with van der Waals surface area (Å²) in [5.41, 5.74) is 3.37. The smallest absolute Gasteiger partial charge is 0.224 e. The summed E-state index contributed by atoms with van der Waals surface area (Å²) >= 11 is 1.76. The number of anilines is 1. The minimum Gasteiger partial charge on any atom is -0.487 e. The monoisotopic (exact) mass is 338 g/mol. The maximum Gasteiger partial charge on any atom is 0.224 e. The maximum absolute atomic E-state index is 11.4. The highest BCUT2D eigenvalue weighted by atomic mass is 32.2. The number of fused-ring (bicyclic) bond motifs is 1. The van der Waals surface area contributed by atoms with Gasteiger partial charge in [-0.2, -0.15) is 0 Å². The molecule has 2 heterocycles. The number of ether oxygens (including phenoxy) is 1. The van der Waals surface area contributed by atoms with Gasteiger partial charge in [0.05, 0.1) is 6.04 Å². The van der Waals surface area contributed by atoms with E-state index in [0.29, 0.717) is 13.0 Å². The van der Waals surface area contributed by atoms with Crippen LogP contribution in [0.1, 0.15) is 23.6 Å². The summed E-state index contributed by atoms with van der Waals surface area (Å²) in [7, 11) is 0. The molecule has 0 saturated carbocycles. The maximum atomic E-state index is 11.4. The first-order valence-corrected chi connectivity index (χ1v) is 9.06. The number of thioether (sulfide) groups is 1. The second kappa shape index (κ2) is 6.69. The number of carbonyl (C=O) groups excluding carboxylic acids is 1. The van der Waals surface area contributed by atoms with Gasteiger partial charge in [-0.3, -0.25) is 9.79 Å². The molecule has 1 atom stereocenters. The van der Waals surface area contributed by atoms with E-state index in [4.69, 9.17) is 9.73 Å². The van der Waals surface area contributed by atoms with Crippen LogP contribution < -0.4 is 10.1 Å². The Labute approximate surface area is 145 Å². The lowest BCUT2D eigenvalue weighted by Gasteiger charge is -2.18. The van der Waals surface area contributed by atoms with Crippen LogP contribution in [-0.4, -0.2) is 23.3 Å². The third kappa shape index (κ3) is 3.31. The number of hydrogen-bond acceptors (Lipinski definition) is 4. The van der Waals surface area contributed by atoms with Crippen LogP contribution in [0.3, 0.4) is 0 Å². The van der Waals surface area contributed by atoms with Gasteiger partial charge in [-0.05, 0) is 35.7 Å². The van der Waals surface area contributed by atoms with E-state index >= 15 is 0 Å². The van der Waals surface area contributed by atoms with Gasteiger partial charge in [0.15, 0.2) is 0 Å². The van der Waals surface area contributed by atoms with Crippen LogP contribution in [0, 0.1) is 0 Å². The normalized spacial score (nSPS) is 19.4. The van der Waals surface area contributed by atoms with Gasteiger partial charge in [0.1, 0.15) is 17.4 Å². The highest BCUT2D eigenvalue weighted by molar-refractivity contribution is 8.14. The predicted octanol–water partition coefficient (Wildman–Crippen LogP) is 3.84. The average Bonchev–Trinajstić information content (AvgIpc) is 3.09. The Morgan fingerprint density at radius 1 is 1.17 bits per heavy atom. The Bertz CT molecular complexity index is 789. The van der Waals surface area contributed by atoms with E-state index in [0.717, 1.165) is 28.7 Å². The molecule has 122 valence electrons. The Kier molecular flexibility index (Phi) is 4.26. The van der Waals surface area contributed by atoms with Crippen LogP contribution in [0.2, 0.25) is 0 Å². The van der Waals surface area contributed by atoms with E-state index in [2.05, 4.69) is 17.4 Å². The number of aliphatic imine (C=N–C) groups is 1. The molecule has 2 aliphatic heterocycles. The molecule has 1 unspecified atom stereocenters. The number of benzene rings is 2. The Balaban J connectivity index is 1.44. The number of amides is 1. The second-order valence-corrected chi connectivity index (χ2v) is 7.01. The molecule has 0 spiro atoms. The summed E-state index contributed by atoms with van der Waals surface area (Å²) in [6.07, 6.45) is 1.37. The fourth-order valence-corrected chi connectivity index (χ4v) is 3.91. The minimum atomic E-state index is 0.102. The Morgan fingerprint density at radius 2 is 2.04 bits per heavy atom. The molecule has 2 aliphatic rings. The predicted molar refractivity (Wildman–Crippen MR) is 98.0 cm³/mol. The number of para-hydroxylation sites is 1. The van der Waals surface area contributed by atoms with E-state index in [1.54, 1.807) is 11.8 Å². The first-order valence-electron chi connectivity index (χ1n) is 8.08. The average molecular weight is 338 g/mol. The highest BCUT2D eigenvalue weighted by Crippen LogP contribution is 2.33. The zero-order chi connectivity index (χ0) is 16.4. The first-order chi connectivity index (χ1) is 11.8. The van der Waals surface area contributed by atoms with Crippen LogP contribution in [0.5, 0.6) is 5.75 Å². The van der Waals surface area contributed by atoms with E-state index < -0.39 is 0 Å². The zero-order valence-corrected chi connectivity index (χ0v) is 14.0. The molecule has 0 aliphatic carbocycles. The molecule has 0 fully saturated rings. The molecule has 0 aromatic heterocycles. The van der Waals surface area contributed by atoms with Crippen molar-refractivity contribution in [1.29, 1.82) is 0 Å². The van der Waals surface area contributed by atoms with Crippen LogP contribution in [0.15, 0.2) is 53.5 Å². The van der Waals surface area contributed by atoms with Gasteiger partial charge in [-0.15, -0.1) is 11.8 Å². The van der Waals surface area contributed by atoms with Crippen molar-refractivity contribution in [3.05, 3.63) is 59.7 Å². The summed E-state index contributed by atoms with van der Waals surface area (Å²) in [5, 5.41) is 3.96. The minimum absolute atomic E-state index is 0.102. The summed E-state index contributed by atoms with van der Waals surface area (Å²) in [5.74, 6) is 1.91. The number of rotatable bonds is 4. The lowest BCUT2D eigenvalue weighted by Crippen LogP contribution is -2.19. The van der Waals surface area contributed by atoms with E-state index in [1.807, 2.05) is 36.4 Å². The van der Waals surface area contributed by atoms with Crippen molar-refractivity contribution in [2.24, 2.45) is 4.99 Å². The topological polar surface area (TPSA) is 50.7 Å². The lowest BCUT2D eigenvalue weighted by atomic mass is 9.98. The van der Waals surface area contributed by atoms with Gasteiger partial charge < -0.3 is 10.1 Å². The van der Waals surface area contributed by atoms with Crippen LogP contribution in [-0.2, 0) is 11.2 Å². The summed E-state index contributed by atoms with van der Waals surface area (Å²) in [6.45, 7) is 0.520. The third-order valence-electron chi connectivity index (χ3n) is 4.22. The molecular weight excluding hydrogens is 320 g/mol. The number of carbonyl (C=O) groups is 1. The van der Waals surface area contributed by atoms with Gasteiger partial charge in [0, 0.05) is 17.9 Å². The Morgan fingerprint density at radius 3 is 2.92 bits per heavy atom. The van der Waals surface area contributed by atoms with Crippen molar-refractivity contribution >= 4 is 28.4 Å². The summed E-state index contributed by atoms with van der Waals surface area (Å²) < 4.78 is 5.78. The van der Waals surface area contributed by atoms with Crippen molar-refractivity contribution in [2.45, 2.75) is 18.9 Å². The van der Waals surface area contributed by atoms with Crippen LogP contribution in [0.4, 0.5) is 5.69 Å². The van der Waals surface area contributed by atoms with Gasteiger partial charge in [0.2, 0.25) is 5.91 Å². The molecule has 4 rings (SSSR count). The molecule has 1 amide bonds. The molecule has 24 heavy (non-hydrogen) atoms. The number of hydrogen-bond donors (Lipinski definition) is 1. The van der Waals surface area contributed by atoms with Gasteiger partial charge >= 0.3 is 0 Å². The van der Waals surface area contributed by atoms with Crippen LogP contribution >= 0.6 is 11.8 Å². The fourth-order valence-electron chi connectivity index (χ4n) is 2.95. The molecule has 1 N–H and O–H groups in total. The number of nitrogens with zero attached hydrogens (tertiary/aromatic N) is 1. The van der Waals surface area contributed by atoms with Gasteiger partial charge in [-0.1, -0.05) is 30.3 Å². The summed E-state index contributed by atoms with van der Waals surface area (Å²) in [6, 6.07) is 16.2. The molecule has 0 bridgehead atoms. The molecule has 4 nitrogen and oxygen atoms in total. The van der Waals surface area contributed by atoms with Crippen molar-refractivity contribution < 1.29 is 9.53 Å². The van der Waals surface area contributed by atoms with Crippen LogP contribution in [0.25, 0.3) is 0 Å². The second-order valence-electron chi connectivity index (χ2n) is 5.92. The number of aryl methyl sites for hydroxylation is 1. The molecule has 2 aromatic rings. The van der Waals surface area contributed by atoms with E-state index in [9.17, 15) is 4.79 Å². The molecule has 2 aromatic carbocycles. The lowest BCUT2D eigenvalue weighted by molar-refractivity contribution is -0.116. The quantitative estimate of drug-likeness (QED) is 0.921. The van der Waals surface area contributed by atoms with E-state index in [-0.39, 0.29) is 11.9 Å². The standard InChI is InChI=1S/C19H18N2O2S/c22-18-9-7-13-10-14(6-8-16(13)20-18)17-12-24-19(21-17)11-23-15-4-2-1-3-5-15/h1-6,8,10,17H,7,9,11-12H2,(H,20,22). The van der Waals surface area contributed by atoms with Gasteiger partial charge in [-0.25, -0.2) is 0 Å². The highest BCUT2D eigenvalue weighted by Gasteiger charge is 2.22. The first kappa shape index (κ1) is 15.3. The molecule has 0 saturated heterocycles. The van der Waals surface area contributed by atoms with E-state index in [1.165, 1.54) is 11.1 Å². The van der Waals surface area contributed by atoms with Crippen molar-refractivity contribution in [3.8, 4) is 5.75 Å². The third-order valence-corrected chi connectivity index (χ3v) is 5.26. The Hall–Kier alpha value is -2.27. The summed E-state index contributed by atoms with van der Waals surface area (Å²) in [4.78, 5) is 16.3.